The largest absolute Gasteiger partial charge is 0.486 e. The SMILES string of the molecule is N#Cc1cc(OCc2ccco2)ccc1N. The van der Waals surface area contributed by atoms with Crippen molar-refractivity contribution in [2.75, 3.05) is 5.73 Å². The zero-order valence-corrected chi connectivity index (χ0v) is 8.51. The van der Waals surface area contributed by atoms with Gasteiger partial charge in [-0.15, -0.1) is 0 Å². The molecule has 1 aromatic carbocycles. The summed E-state index contributed by atoms with van der Waals surface area (Å²) in [5.74, 6) is 1.33. The molecular formula is C12H10N2O2. The average molecular weight is 214 g/mol. The molecule has 0 fully saturated rings. The van der Waals surface area contributed by atoms with E-state index in [0.29, 0.717) is 23.6 Å². The Morgan fingerprint density at radius 2 is 2.25 bits per heavy atom. The van der Waals surface area contributed by atoms with Crippen LogP contribution in [0.3, 0.4) is 0 Å². The maximum Gasteiger partial charge on any atom is 0.146 e. The summed E-state index contributed by atoms with van der Waals surface area (Å²) in [6.07, 6.45) is 1.59. The minimum absolute atomic E-state index is 0.335. The van der Waals surface area contributed by atoms with Crippen LogP contribution >= 0.6 is 0 Å². The molecule has 2 aromatic rings. The topological polar surface area (TPSA) is 72.2 Å². The quantitative estimate of drug-likeness (QED) is 0.796. The van der Waals surface area contributed by atoms with Crippen LogP contribution in [0.4, 0.5) is 5.69 Å². The van der Waals surface area contributed by atoms with Crippen molar-refractivity contribution in [3.8, 4) is 11.8 Å². The first-order valence-corrected chi connectivity index (χ1v) is 4.74. The molecule has 1 heterocycles. The Bertz CT molecular complexity index is 512. The highest BCUT2D eigenvalue weighted by Gasteiger charge is 2.02. The Morgan fingerprint density at radius 3 is 2.94 bits per heavy atom. The molecule has 0 radical (unpaired) electrons. The lowest BCUT2D eigenvalue weighted by Gasteiger charge is -2.05. The van der Waals surface area contributed by atoms with Crippen molar-refractivity contribution in [2.45, 2.75) is 6.61 Å². The highest BCUT2D eigenvalue weighted by molar-refractivity contribution is 5.56. The van der Waals surface area contributed by atoms with E-state index in [1.165, 1.54) is 0 Å². The molecule has 0 saturated heterocycles. The zero-order valence-electron chi connectivity index (χ0n) is 8.51. The Kier molecular flexibility index (Phi) is 2.79. The number of anilines is 1. The van der Waals surface area contributed by atoms with Crippen LogP contribution in [0.1, 0.15) is 11.3 Å². The van der Waals surface area contributed by atoms with E-state index in [2.05, 4.69) is 0 Å². The molecule has 16 heavy (non-hydrogen) atoms. The van der Waals surface area contributed by atoms with E-state index in [4.69, 9.17) is 20.1 Å². The van der Waals surface area contributed by atoms with Crippen molar-refractivity contribution in [2.24, 2.45) is 0 Å². The predicted molar refractivity (Wildman–Crippen MR) is 58.6 cm³/mol. The standard InChI is InChI=1S/C12H10N2O2/c13-7-9-6-10(3-4-12(9)14)16-8-11-2-1-5-15-11/h1-6H,8,14H2. The molecule has 0 aliphatic rings. The van der Waals surface area contributed by atoms with Crippen molar-refractivity contribution in [3.05, 3.63) is 47.9 Å². The van der Waals surface area contributed by atoms with Gasteiger partial charge in [-0.1, -0.05) is 0 Å². The molecule has 1 aromatic heterocycles. The third-order valence-electron chi connectivity index (χ3n) is 2.11. The van der Waals surface area contributed by atoms with Crippen LogP contribution in [-0.4, -0.2) is 0 Å². The van der Waals surface area contributed by atoms with Gasteiger partial charge in [-0.05, 0) is 30.3 Å². The molecule has 80 valence electrons. The summed E-state index contributed by atoms with van der Waals surface area (Å²) in [7, 11) is 0. The molecule has 0 unspecified atom stereocenters. The smallest absolute Gasteiger partial charge is 0.146 e. The fourth-order valence-corrected chi connectivity index (χ4v) is 1.27. The number of hydrogen-bond acceptors (Lipinski definition) is 4. The van der Waals surface area contributed by atoms with E-state index in [0.717, 1.165) is 5.76 Å². The van der Waals surface area contributed by atoms with Crippen LogP contribution in [0, 0.1) is 11.3 Å². The molecule has 0 saturated carbocycles. The summed E-state index contributed by atoms with van der Waals surface area (Å²) in [5, 5.41) is 8.79. The van der Waals surface area contributed by atoms with Crippen LogP contribution in [-0.2, 0) is 6.61 Å². The van der Waals surface area contributed by atoms with Crippen LogP contribution in [0.5, 0.6) is 5.75 Å². The van der Waals surface area contributed by atoms with Gasteiger partial charge < -0.3 is 14.9 Å². The van der Waals surface area contributed by atoms with E-state index in [-0.39, 0.29) is 0 Å². The Morgan fingerprint density at radius 1 is 1.38 bits per heavy atom. The molecule has 4 heteroatoms. The Labute approximate surface area is 92.9 Å². The third kappa shape index (κ3) is 2.15. The summed E-state index contributed by atoms with van der Waals surface area (Å²) in [6.45, 7) is 0.335. The number of nitrogen functional groups attached to an aromatic ring is 1. The summed E-state index contributed by atoms with van der Waals surface area (Å²) >= 11 is 0. The van der Waals surface area contributed by atoms with Gasteiger partial charge in [-0.2, -0.15) is 5.26 Å². The number of rotatable bonds is 3. The molecule has 2 N–H and O–H groups in total. The van der Waals surface area contributed by atoms with Crippen LogP contribution in [0.2, 0.25) is 0 Å². The lowest BCUT2D eigenvalue weighted by atomic mass is 10.2. The second-order valence-corrected chi connectivity index (χ2v) is 3.23. The van der Waals surface area contributed by atoms with Gasteiger partial charge in [0.25, 0.3) is 0 Å². The van der Waals surface area contributed by atoms with Crippen molar-refractivity contribution < 1.29 is 9.15 Å². The fraction of sp³-hybridized carbons (Fsp3) is 0.0833. The lowest BCUT2D eigenvalue weighted by Crippen LogP contribution is -1.96. The number of nitriles is 1. The molecule has 0 spiro atoms. The van der Waals surface area contributed by atoms with Gasteiger partial charge in [0.15, 0.2) is 0 Å². The molecule has 2 rings (SSSR count). The normalized spacial score (nSPS) is 9.69. The second kappa shape index (κ2) is 4.41. The van der Waals surface area contributed by atoms with E-state index in [1.54, 1.807) is 30.5 Å². The van der Waals surface area contributed by atoms with Crippen LogP contribution < -0.4 is 10.5 Å². The summed E-state index contributed by atoms with van der Waals surface area (Å²) in [6, 6.07) is 10.6. The number of nitrogens with two attached hydrogens (primary N) is 1. The van der Waals surface area contributed by atoms with Gasteiger partial charge in [0.05, 0.1) is 11.8 Å². The fourth-order valence-electron chi connectivity index (χ4n) is 1.27. The van der Waals surface area contributed by atoms with Crippen molar-refractivity contribution in [1.82, 2.24) is 0 Å². The van der Waals surface area contributed by atoms with E-state index in [1.807, 2.05) is 12.1 Å². The Hall–Kier alpha value is -2.41. The van der Waals surface area contributed by atoms with Gasteiger partial charge >= 0.3 is 0 Å². The van der Waals surface area contributed by atoms with Gasteiger partial charge in [-0.3, -0.25) is 0 Å². The maximum atomic E-state index is 8.79. The average Bonchev–Trinajstić information content (AvgIpc) is 2.81. The van der Waals surface area contributed by atoms with Crippen LogP contribution in [0.25, 0.3) is 0 Å². The van der Waals surface area contributed by atoms with Gasteiger partial charge in [0.2, 0.25) is 0 Å². The third-order valence-corrected chi connectivity index (χ3v) is 2.11. The molecule has 0 aliphatic carbocycles. The second-order valence-electron chi connectivity index (χ2n) is 3.23. The van der Waals surface area contributed by atoms with Gasteiger partial charge in [0.1, 0.15) is 24.2 Å². The number of nitrogens with zero attached hydrogens (tertiary/aromatic N) is 1. The maximum absolute atomic E-state index is 8.79. The molecule has 0 aliphatic heterocycles. The number of hydrogen-bond donors (Lipinski definition) is 1. The highest BCUT2D eigenvalue weighted by Crippen LogP contribution is 2.19. The molecule has 4 nitrogen and oxygen atoms in total. The molecular weight excluding hydrogens is 204 g/mol. The first-order valence-electron chi connectivity index (χ1n) is 4.74. The molecule has 0 bridgehead atoms. The summed E-state index contributed by atoms with van der Waals surface area (Å²) in [5.41, 5.74) is 6.46. The van der Waals surface area contributed by atoms with Crippen LogP contribution in [0.15, 0.2) is 41.0 Å². The summed E-state index contributed by atoms with van der Waals surface area (Å²) in [4.78, 5) is 0. The molecule has 0 amide bonds. The number of ether oxygens (including phenoxy) is 1. The van der Waals surface area contributed by atoms with Crippen molar-refractivity contribution in [1.29, 1.82) is 5.26 Å². The summed E-state index contributed by atoms with van der Waals surface area (Å²) < 4.78 is 10.6. The zero-order chi connectivity index (χ0) is 11.4. The molecule has 0 atom stereocenters. The minimum atomic E-state index is 0.335. The van der Waals surface area contributed by atoms with Crippen molar-refractivity contribution in [3.63, 3.8) is 0 Å². The first-order chi connectivity index (χ1) is 7.79. The Balaban J connectivity index is 2.08. The van der Waals surface area contributed by atoms with Crippen molar-refractivity contribution >= 4 is 5.69 Å². The van der Waals surface area contributed by atoms with Gasteiger partial charge in [-0.25, -0.2) is 0 Å². The van der Waals surface area contributed by atoms with E-state index >= 15 is 0 Å². The number of benzene rings is 1. The lowest BCUT2D eigenvalue weighted by molar-refractivity contribution is 0.270. The van der Waals surface area contributed by atoms with Gasteiger partial charge in [0, 0.05) is 5.69 Å². The first kappa shape index (κ1) is 10.1. The predicted octanol–water partition coefficient (Wildman–Crippen LogP) is 2.31. The van der Waals surface area contributed by atoms with E-state index in [9.17, 15) is 0 Å². The number of furan rings is 1. The minimum Gasteiger partial charge on any atom is -0.486 e. The monoisotopic (exact) mass is 214 g/mol. The van der Waals surface area contributed by atoms with E-state index < -0.39 is 0 Å². The highest BCUT2D eigenvalue weighted by atomic mass is 16.5.